The van der Waals surface area contributed by atoms with Crippen molar-refractivity contribution in [2.24, 2.45) is 0 Å². The molecule has 6 N–H and O–H groups in total. The van der Waals surface area contributed by atoms with Crippen molar-refractivity contribution in [3.63, 3.8) is 0 Å². The van der Waals surface area contributed by atoms with Gasteiger partial charge in [0.1, 0.15) is 0 Å². The molecule has 7 aromatic rings. The van der Waals surface area contributed by atoms with Crippen LogP contribution in [0.3, 0.4) is 0 Å². The minimum atomic E-state index is -4.28. The third-order valence-corrected chi connectivity index (χ3v) is 15.6. The number of carbonyl (C=O) groups is 4. The second-order valence-electron chi connectivity index (χ2n) is 13.6. The van der Waals surface area contributed by atoms with Crippen LogP contribution < -0.4 is 17.8 Å². The van der Waals surface area contributed by atoms with E-state index in [0.29, 0.717) is 0 Å². The number of aromatic amines is 2. The molecule has 0 amide bonds. The van der Waals surface area contributed by atoms with Crippen LogP contribution in [0.25, 0.3) is 46.4 Å². The van der Waals surface area contributed by atoms with E-state index < -0.39 is 36.7 Å². The van der Waals surface area contributed by atoms with Crippen LogP contribution in [0.4, 0.5) is 0 Å². The number of nitrogens with zero attached hydrogens (tertiary/aromatic N) is 2. The molecule has 0 fully saturated rings. The average molecular weight is 850 g/mol. The number of carboxylic acid groups (broad SMARTS) is 4. The Morgan fingerprint density at radius 2 is 0.590 bits per heavy atom. The van der Waals surface area contributed by atoms with Crippen LogP contribution >= 0.6 is 0 Å². The zero-order valence-corrected chi connectivity index (χ0v) is 33.0. The Morgan fingerprint density at radius 1 is 0.361 bits per heavy atom. The molecule has 61 heavy (non-hydrogen) atoms. The molecule has 9 rings (SSSR count). The molecule has 0 unspecified atom stereocenters. The molecule has 5 heterocycles. The van der Waals surface area contributed by atoms with Gasteiger partial charge in [-0.25, -0.2) is 9.97 Å². The van der Waals surface area contributed by atoms with Crippen molar-refractivity contribution in [1.29, 1.82) is 0 Å². The van der Waals surface area contributed by atoms with Gasteiger partial charge in [-0.15, -0.1) is 0 Å². The summed E-state index contributed by atoms with van der Waals surface area (Å²) in [5, 5.41) is 40.7. The quantitative estimate of drug-likeness (QED) is 0.0873. The topological polar surface area (TPSA) is 207 Å². The molecule has 13 heteroatoms. The number of nitrogens with one attached hydrogen (secondary N) is 2. The number of H-pyrrole nitrogens is 2. The summed E-state index contributed by atoms with van der Waals surface area (Å²) in [6, 6.07) is 40.0. The van der Waals surface area contributed by atoms with Crippen LogP contribution in [0.5, 0.6) is 0 Å². The molecule has 0 spiro atoms. The molecular formula is C48H34MnN4O8. The summed E-state index contributed by atoms with van der Waals surface area (Å²) in [4.78, 5) is 66.0. The van der Waals surface area contributed by atoms with Gasteiger partial charge in [0.2, 0.25) is 0 Å². The van der Waals surface area contributed by atoms with E-state index in [1.165, 1.54) is 72.8 Å². The number of hydrogen-bond donors (Lipinski definition) is 6. The van der Waals surface area contributed by atoms with Gasteiger partial charge in [0.25, 0.3) is 0 Å². The van der Waals surface area contributed by atoms with Crippen molar-refractivity contribution >= 4 is 88.1 Å². The summed E-state index contributed by atoms with van der Waals surface area (Å²) in [6.07, 6.45) is 8.09. The minimum absolute atomic E-state index is 0.153. The first-order chi connectivity index (χ1) is 29.5. The Morgan fingerprint density at radius 3 is 0.820 bits per heavy atom. The third-order valence-electron chi connectivity index (χ3n) is 9.68. The van der Waals surface area contributed by atoms with Gasteiger partial charge in [0, 0.05) is 22.1 Å². The van der Waals surface area contributed by atoms with Gasteiger partial charge >= 0.3 is 213 Å². The number of hydrogen-bond acceptors (Lipinski definition) is 6. The van der Waals surface area contributed by atoms with E-state index in [-0.39, 0.29) is 40.1 Å². The molecule has 0 atom stereocenters. The van der Waals surface area contributed by atoms with Gasteiger partial charge < -0.3 is 9.97 Å². The Balaban J connectivity index is 0.000000183. The fourth-order valence-electron chi connectivity index (χ4n) is 7.13. The summed E-state index contributed by atoms with van der Waals surface area (Å²) >= 11 is -4.28. The molecule has 0 radical (unpaired) electrons. The number of fused-ring (bicyclic) bond motifs is 8. The molecule has 2 aliphatic heterocycles. The van der Waals surface area contributed by atoms with E-state index >= 15 is 0 Å². The summed E-state index contributed by atoms with van der Waals surface area (Å²) in [5.41, 5.74) is 7.12. The second-order valence-corrected chi connectivity index (χ2v) is 17.9. The number of aromatic nitrogens is 4. The van der Waals surface area contributed by atoms with E-state index in [1.807, 2.05) is 48.6 Å². The molecule has 4 aromatic carbocycles. The second kappa shape index (κ2) is 16.6. The van der Waals surface area contributed by atoms with Crippen molar-refractivity contribution in [2.45, 2.75) is 0 Å². The number of benzene rings is 4. The van der Waals surface area contributed by atoms with E-state index in [1.54, 1.807) is 24.3 Å². The number of carboxylic acids is 4. The third kappa shape index (κ3) is 7.89. The monoisotopic (exact) mass is 849 g/mol. The molecule has 12 nitrogen and oxygen atoms in total. The van der Waals surface area contributed by atoms with Gasteiger partial charge in [0.05, 0.1) is 22.8 Å². The summed E-state index contributed by atoms with van der Waals surface area (Å²) < 4.78 is 0.613. The average Bonchev–Trinajstić information content (AvgIpc) is 4.09. The van der Waals surface area contributed by atoms with Crippen LogP contribution in [0, 0.1) is 0 Å². The van der Waals surface area contributed by atoms with E-state index in [0.717, 1.165) is 44.8 Å². The van der Waals surface area contributed by atoms with Crippen LogP contribution in [-0.4, -0.2) is 64.2 Å². The predicted octanol–water partition coefficient (Wildman–Crippen LogP) is 6.89. The maximum absolute atomic E-state index is 12.5. The molecule has 0 aliphatic carbocycles. The van der Waals surface area contributed by atoms with Gasteiger partial charge in [-0.2, -0.15) is 0 Å². The standard InChI is InChI=1S/C20H14N4.4C7H5O2.Mn/c1-2-14-10-16-5-6-18(23-16)12-20-8-7-19(24-20)11-17-4-3-15(22-17)9-13(1)21-14;4*8-7(9)6-4-2-1-3-5-6;/h1-12,21,24H;4*1-4H,(H,8,9);. The first kappa shape index (κ1) is 39.7. The maximum atomic E-state index is 12.5. The van der Waals surface area contributed by atoms with Crippen LogP contribution in [0.1, 0.15) is 64.2 Å². The normalized spacial score (nSPS) is 11.9. The Hall–Kier alpha value is -8.12. The summed E-state index contributed by atoms with van der Waals surface area (Å²) in [7, 11) is 0. The van der Waals surface area contributed by atoms with Crippen molar-refractivity contribution in [3.05, 3.63) is 191 Å². The molecule has 3 aromatic heterocycles. The van der Waals surface area contributed by atoms with Gasteiger partial charge in [0.15, 0.2) is 0 Å². The fraction of sp³-hybridized carbons (Fsp3) is 0. The van der Waals surface area contributed by atoms with Crippen LogP contribution in [0.2, 0.25) is 0 Å². The van der Waals surface area contributed by atoms with E-state index in [4.69, 9.17) is 0 Å². The van der Waals surface area contributed by atoms with Crippen molar-refractivity contribution in [3.8, 4) is 0 Å². The van der Waals surface area contributed by atoms with Gasteiger partial charge in [-0.3, -0.25) is 0 Å². The Kier molecular flexibility index (Phi) is 10.8. The summed E-state index contributed by atoms with van der Waals surface area (Å²) in [6.45, 7) is 0. The van der Waals surface area contributed by atoms with E-state index in [9.17, 15) is 39.6 Å². The van der Waals surface area contributed by atoms with Crippen molar-refractivity contribution in [1.82, 2.24) is 19.9 Å². The molecule has 8 bridgehead atoms. The van der Waals surface area contributed by atoms with Gasteiger partial charge in [-0.1, -0.05) is 0 Å². The first-order valence-electron chi connectivity index (χ1n) is 18.6. The molecule has 0 saturated heterocycles. The van der Waals surface area contributed by atoms with Gasteiger partial charge in [-0.05, 0) is 72.8 Å². The van der Waals surface area contributed by atoms with Crippen LogP contribution in [-0.2, 0) is 12.8 Å². The fourth-order valence-corrected chi connectivity index (χ4v) is 13.6. The SMILES string of the molecule is C1=Cc2cc3ccc(cc4nc(cc5ccc(cc1n2)[nH]5)C=C4)[nH]3.O=C(O)c1cccc[c]1[Mn]([c]1ccccc1C(=O)O)([c]1ccccc1C(=O)O)[c]1ccccc1C(=O)O. The first-order valence-corrected chi connectivity index (χ1v) is 21.0. The van der Waals surface area contributed by atoms with Crippen LogP contribution in [0.15, 0.2) is 146 Å². The Labute approximate surface area is 349 Å². The van der Waals surface area contributed by atoms with Crippen molar-refractivity contribution in [2.75, 3.05) is 0 Å². The molecule has 301 valence electrons. The molecule has 2 aliphatic rings. The predicted molar refractivity (Wildman–Crippen MR) is 231 cm³/mol. The van der Waals surface area contributed by atoms with Crippen molar-refractivity contribution < 1.29 is 52.4 Å². The molecular weight excluding hydrogens is 815 g/mol. The zero-order valence-electron chi connectivity index (χ0n) is 31.9. The number of aromatic carboxylic acids is 4. The summed E-state index contributed by atoms with van der Waals surface area (Å²) in [5.74, 6) is -5.27. The molecule has 0 saturated carbocycles. The number of rotatable bonds is 8. The van der Waals surface area contributed by atoms with E-state index in [2.05, 4.69) is 44.2 Å². The Bertz CT molecular complexity index is 2740. The zero-order chi connectivity index (χ0) is 42.7.